The van der Waals surface area contributed by atoms with Crippen molar-refractivity contribution in [1.82, 2.24) is 5.43 Å². The number of nitrogens with two attached hydrogens (primary N) is 1. The lowest BCUT2D eigenvalue weighted by atomic mass is 9.96. The lowest BCUT2D eigenvalue weighted by Crippen LogP contribution is -2.38. The van der Waals surface area contributed by atoms with Crippen molar-refractivity contribution in [2.75, 3.05) is 6.54 Å². The van der Waals surface area contributed by atoms with Gasteiger partial charge in [0.1, 0.15) is 11.4 Å². The van der Waals surface area contributed by atoms with Crippen LogP contribution in [0, 0.1) is 0 Å². The van der Waals surface area contributed by atoms with Gasteiger partial charge in [-0.3, -0.25) is 11.3 Å². The molecule has 0 fully saturated rings. The Labute approximate surface area is 96.4 Å². The summed E-state index contributed by atoms with van der Waals surface area (Å²) in [6.45, 7) is 5.97. The van der Waals surface area contributed by atoms with E-state index in [1.807, 2.05) is 38.1 Å². The molecule has 0 aliphatic carbocycles. The van der Waals surface area contributed by atoms with E-state index in [0.29, 0.717) is 6.54 Å². The van der Waals surface area contributed by atoms with Gasteiger partial charge in [-0.1, -0.05) is 12.1 Å². The summed E-state index contributed by atoms with van der Waals surface area (Å²) in [4.78, 5) is 0. The second-order valence-corrected chi connectivity index (χ2v) is 4.35. The zero-order chi connectivity index (χ0) is 12.2. The number of hydrazine groups is 1. The molecule has 90 valence electrons. The Morgan fingerprint density at radius 3 is 2.38 bits per heavy atom. The molecule has 0 radical (unpaired) electrons. The third-order valence-corrected chi connectivity index (χ3v) is 2.29. The van der Waals surface area contributed by atoms with E-state index in [4.69, 9.17) is 10.6 Å². The minimum atomic E-state index is -0.967. The molecule has 1 unspecified atom stereocenters. The number of hydrogen-bond donors (Lipinski definition) is 3. The van der Waals surface area contributed by atoms with E-state index in [-0.39, 0.29) is 6.10 Å². The Kier molecular flexibility index (Phi) is 4.29. The molecule has 0 amide bonds. The van der Waals surface area contributed by atoms with Gasteiger partial charge in [-0.2, -0.15) is 0 Å². The Bertz CT molecular complexity index is 320. The van der Waals surface area contributed by atoms with Gasteiger partial charge >= 0.3 is 0 Å². The minimum Gasteiger partial charge on any atom is -0.491 e. The summed E-state index contributed by atoms with van der Waals surface area (Å²) in [6, 6.07) is 7.38. The first-order valence-corrected chi connectivity index (χ1v) is 5.39. The zero-order valence-electron chi connectivity index (χ0n) is 10.0. The maximum Gasteiger partial charge on any atom is 0.119 e. The fourth-order valence-electron chi connectivity index (χ4n) is 1.47. The predicted molar refractivity (Wildman–Crippen MR) is 64.0 cm³/mol. The summed E-state index contributed by atoms with van der Waals surface area (Å²) in [5, 5.41) is 10.1. The highest BCUT2D eigenvalue weighted by atomic mass is 16.5. The zero-order valence-corrected chi connectivity index (χ0v) is 10.0. The van der Waals surface area contributed by atoms with Crippen molar-refractivity contribution in [3.05, 3.63) is 29.8 Å². The molecule has 0 aliphatic rings. The van der Waals surface area contributed by atoms with Crippen LogP contribution in [0.15, 0.2) is 24.3 Å². The second-order valence-electron chi connectivity index (χ2n) is 4.35. The van der Waals surface area contributed by atoms with Gasteiger partial charge in [0.2, 0.25) is 0 Å². The van der Waals surface area contributed by atoms with Gasteiger partial charge in [-0.15, -0.1) is 0 Å². The van der Waals surface area contributed by atoms with Crippen LogP contribution in [0.5, 0.6) is 5.75 Å². The normalized spacial score (nSPS) is 14.9. The molecule has 4 N–H and O–H groups in total. The third kappa shape index (κ3) is 3.48. The molecule has 0 saturated heterocycles. The van der Waals surface area contributed by atoms with Crippen molar-refractivity contribution in [1.29, 1.82) is 0 Å². The van der Waals surface area contributed by atoms with Crippen LogP contribution in [0.3, 0.4) is 0 Å². The van der Waals surface area contributed by atoms with Crippen molar-refractivity contribution >= 4 is 0 Å². The first-order valence-electron chi connectivity index (χ1n) is 5.39. The predicted octanol–water partition coefficient (Wildman–Crippen LogP) is 1.14. The van der Waals surface area contributed by atoms with Crippen LogP contribution in [-0.2, 0) is 5.60 Å². The number of aliphatic hydroxyl groups is 1. The molecule has 1 aromatic carbocycles. The topological polar surface area (TPSA) is 67.5 Å². The fourth-order valence-corrected chi connectivity index (χ4v) is 1.47. The van der Waals surface area contributed by atoms with E-state index in [0.717, 1.165) is 11.3 Å². The molecular formula is C12H20N2O2. The minimum absolute atomic E-state index is 0.150. The van der Waals surface area contributed by atoms with E-state index in [1.165, 1.54) is 0 Å². The molecule has 0 aliphatic heterocycles. The number of rotatable bonds is 5. The Morgan fingerprint density at radius 1 is 1.38 bits per heavy atom. The number of nitrogens with one attached hydrogen (secondary N) is 1. The molecular weight excluding hydrogens is 204 g/mol. The van der Waals surface area contributed by atoms with Crippen LogP contribution < -0.4 is 16.0 Å². The largest absolute Gasteiger partial charge is 0.491 e. The van der Waals surface area contributed by atoms with E-state index in [9.17, 15) is 5.11 Å². The first-order chi connectivity index (χ1) is 7.45. The van der Waals surface area contributed by atoms with Crippen molar-refractivity contribution in [2.24, 2.45) is 5.84 Å². The maximum atomic E-state index is 10.1. The van der Waals surface area contributed by atoms with Gasteiger partial charge in [0, 0.05) is 6.54 Å². The van der Waals surface area contributed by atoms with E-state index < -0.39 is 5.60 Å². The molecule has 0 heterocycles. The molecule has 16 heavy (non-hydrogen) atoms. The smallest absolute Gasteiger partial charge is 0.119 e. The summed E-state index contributed by atoms with van der Waals surface area (Å²) in [6.07, 6.45) is 0.150. The standard InChI is InChI=1S/C12H20N2O2/c1-9(2)16-11-6-4-10(5-7-11)12(3,15)8-14-13/h4-7,9,14-15H,8,13H2,1-3H3. The van der Waals surface area contributed by atoms with E-state index >= 15 is 0 Å². The van der Waals surface area contributed by atoms with E-state index in [2.05, 4.69) is 5.43 Å². The van der Waals surface area contributed by atoms with Crippen molar-refractivity contribution in [2.45, 2.75) is 32.5 Å². The monoisotopic (exact) mass is 224 g/mol. The summed E-state index contributed by atoms with van der Waals surface area (Å²) in [7, 11) is 0. The van der Waals surface area contributed by atoms with Gasteiger partial charge in [-0.05, 0) is 38.5 Å². The van der Waals surface area contributed by atoms with Gasteiger partial charge in [0.15, 0.2) is 0 Å². The van der Waals surface area contributed by atoms with Gasteiger partial charge in [-0.25, -0.2) is 0 Å². The van der Waals surface area contributed by atoms with Crippen molar-refractivity contribution < 1.29 is 9.84 Å². The van der Waals surface area contributed by atoms with Crippen LogP contribution in [0.1, 0.15) is 26.3 Å². The number of hydrogen-bond acceptors (Lipinski definition) is 4. The molecule has 1 aromatic rings. The lowest BCUT2D eigenvalue weighted by molar-refractivity contribution is 0.0572. The maximum absolute atomic E-state index is 10.1. The SMILES string of the molecule is CC(C)Oc1ccc(C(C)(O)CNN)cc1. The average molecular weight is 224 g/mol. The Hall–Kier alpha value is -1.10. The quantitative estimate of drug-likeness (QED) is 0.518. The van der Waals surface area contributed by atoms with Gasteiger partial charge in [0.05, 0.1) is 6.10 Å². The molecule has 0 bridgehead atoms. The van der Waals surface area contributed by atoms with Crippen LogP contribution in [0.25, 0.3) is 0 Å². The molecule has 1 rings (SSSR count). The molecule has 1 atom stereocenters. The van der Waals surface area contributed by atoms with Crippen molar-refractivity contribution in [3.8, 4) is 5.75 Å². The highest BCUT2D eigenvalue weighted by molar-refractivity contribution is 5.30. The van der Waals surface area contributed by atoms with Crippen LogP contribution in [-0.4, -0.2) is 17.8 Å². The highest BCUT2D eigenvalue weighted by Gasteiger charge is 2.21. The Balaban J connectivity index is 2.78. The summed E-state index contributed by atoms with van der Waals surface area (Å²) < 4.78 is 5.52. The average Bonchev–Trinajstić information content (AvgIpc) is 2.17. The summed E-state index contributed by atoms with van der Waals surface area (Å²) in [5.74, 6) is 6.01. The Morgan fingerprint density at radius 2 is 1.94 bits per heavy atom. The molecule has 0 saturated carbocycles. The fraction of sp³-hybridized carbons (Fsp3) is 0.500. The van der Waals surface area contributed by atoms with E-state index in [1.54, 1.807) is 6.92 Å². The van der Waals surface area contributed by atoms with Crippen LogP contribution >= 0.6 is 0 Å². The van der Waals surface area contributed by atoms with Crippen molar-refractivity contribution in [3.63, 3.8) is 0 Å². The summed E-state index contributed by atoms with van der Waals surface area (Å²) >= 11 is 0. The van der Waals surface area contributed by atoms with Gasteiger partial charge < -0.3 is 9.84 Å². The first kappa shape index (κ1) is 13.0. The highest BCUT2D eigenvalue weighted by Crippen LogP contribution is 2.22. The second kappa shape index (κ2) is 5.30. The molecule has 4 nitrogen and oxygen atoms in total. The lowest BCUT2D eigenvalue weighted by Gasteiger charge is -2.23. The van der Waals surface area contributed by atoms with Crippen LogP contribution in [0.2, 0.25) is 0 Å². The summed E-state index contributed by atoms with van der Waals surface area (Å²) in [5.41, 5.74) is 2.31. The van der Waals surface area contributed by atoms with Gasteiger partial charge in [0.25, 0.3) is 0 Å². The number of benzene rings is 1. The molecule has 0 aromatic heterocycles. The van der Waals surface area contributed by atoms with Crippen LogP contribution in [0.4, 0.5) is 0 Å². The molecule has 4 heteroatoms. The third-order valence-electron chi connectivity index (χ3n) is 2.29. The molecule has 0 spiro atoms. The number of ether oxygens (including phenoxy) is 1.